The van der Waals surface area contributed by atoms with Crippen LogP contribution >= 0.6 is 0 Å². The number of imidazole rings is 1. The minimum absolute atomic E-state index is 0.656. The van der Waals surface area contributed by atoms with Crippen LogP contribution in [0.15, 0.2) is 36.7 Å². The number of fused-ring (bicyclic) bond motifs is 1. The van der Waals surface area contributed by atoms with Crippen LogP contribution in [0, 0.1) is 6.92 Å². The highest BCUT2D eigenvalue weighted by atomic mass is 16.5. The first-order chi connectivity index (χ1) is 10.2. The van der Waals surface area contributed by atoms with Crippen LogP contribution in [0.25, 0.3) is 10.9 Å². The molecule has 0 saturated carbocycles. The quantitative estimate of drug-likeness (QED) is 0.566. The third kappa shape index (κ3) is 2.53. The van der Waals surface area contributed by atoms with Gasteiger partial charge in [0.05, 0.1) is 19.2 Å². The third-order valence-corrected chi connectivity index (χ3v) is 3.50. The Morgan fingerprint density at radius 3 is 2.86 bits per heavy atom. The third-order valence-electron chi connectivity index (χ3n) is 3.50. The van der Waals surface area contributed by atoms with Crippen molar-refractivity contribution in [1.29, 1.82) is 0 Å². The first-order valence-electron chi connectivity index (χ1n) is 6.63. The highest BCUT2D eigenvalue weighted by Gasteiger charge is 2.09. The van der Waals surface area contributed by atoms with Gasteiger partial charge in [-0.05, 0) is 25.1 Å². The van der Waals surface area contributed by atoms with E-state index < -0.39 is 0 Å². The van der Waals surface area contributed by atoms with E-state index in [2.05, 4.69) is 21.5 Å². The van der Waals surface area contributed by atoms with E-state index in [1.54, 1.807) is 13.3 Å². The van der Waals surface area contributed by atoms with Gasteiger partial charge >= 0.3 is 0 Å². The second kappa shape index (κ2) is 5.41. The first kappa shape index (κ1) is 13.4. The molecule has 21 heavy (non-hydrogen) atoms. The summed E-state index contributed by atoms with van der Waals surface area (Å²) in [5.74, 6) is 7.99. The molecule has 0 atom stereocenters. The Morgan fingerprint density at radius 2 is 2.19 bits per heavy atom. The van der Waals surface area contributed by atoms with Gasteiger partial charge in [-0.2, -0.15) is 0 Å². The zero-order valence-electron chi connectivity index (χ0n) is 12.0. The normalized spacial score (nSPS) is 10.8. The van der Waals surface area contributed by atoms with E-state index in [4.69, 9.17) is 10.6 Å². The molecule has 2 heterocycles. The summed E-state index contributed by atoms with van der Waals surface area (Å²) in [7, 11) is 1.64. The highest BCUT2D eigenvalue weighted by molar-refractivity contribution is 5.83. The summed E-state index contributed by atoms with van der Waals surface area (Å²) in [5.41, 5.74) is 4.52. The lowest BCUT2D eigenvalue weighted by atomic mass is 10.1. The number of hydrazine groups is 1. The van der Waals surface area contributed by atoms with Gasteiger partial charge in [-0.25, -0.2) is 15.8 Å². The van der Waals surface area contributed by atoms with Crippen LogP contribution in [0.1, 0.15) is 11.4 Å². The molecule has 1 aromatic carbocycles. The number of nitrogen functional groups attached to an aromatic ring is 1. The fourth-order valence-corrected chi connectivity index (χ4v) is 2.32. The van der Waals surface area contributed by atoms with Gasteiger partial charge in [0.15, 0.2) is 0 Å². The fourth-order valence-electron chi connectivity index (χ4n) is 2.32. The summed E-state index contributed by atoms with van der Waals surface area (Å²) >= 11 is 0. The molecule has 6 heteroatoms. The Hall–Kier alpha value is -2.60. The SMILES string of the molecule is COc1ccc2cc(Cn3ccnc3C)c(NN)nc2c1. The topological polar surface area (TPSA) is 78.0 Å². The molecule has 0 saturated heterocycles. The molecular formula is C15H17N5O. The van der Waals surface area contributed by atoms with Crippen molar-refractivity contribution in [3.63, 3.8) is 0 Å². The molecule has 2 aromatic heterocycles. The van der Waals surface area contributed by atoms with Crippen molar-refractivity contribution in [2.45, 2.75) is 13.5 Å². The molecule has 0 aliphatic heterocycles. The van der Waals surface area contributed by atoms with E-state index in [0.29, 0.717) is 12.4 Å². The number of hydrogen-bond donors (Lipinski definition) is 2. The molecule has 0 aliphatic rings. The van der Waals surface area contributed by atoms with E-state index in [1.165, 1.54) is 0 Å². The largest absolute Gasteiger partial charge is 0.497 e. The number of aryl methyl sites for hydroxylation is 1. The summed E-state index contributed by atoms with van der Waals surface area (Å²) in [5, 5.41) is 1.04. The molecule has 0 bridgehead atoms. The Morgan fingerprint density at radius 1 is 1.33 bits per heavy atom. The molecule has 3 rings (SSSR count). The standard InChI is InChI=1S/C15H17N5O/c1-10-17-5-6-20(10)9-12-7-11-3-4-13(21-2)8-14(11)18-15(12)19-16/h3-8H,9,16H2,1-2H3,(H,18,19). The second-order valence-corrected chi connectivity index (χ2v) is 4.80. The number of rotatable bonds is 4. The lowest BCUT2D eigenvalue weighted by Gasteiger charge is -2.12. The van der Waals surface area contributed by atoms with Gasteiger partial charge in [0.25, 0.3) is 0 Å². The van der Waals surface area contributed by atoms with Crippen molar-refractivity contribution in [3.05, 3.63) is 48.0 Å². The number of nitrogens with zero attached hydrogens (tertiary/aromatic N) is 3. The molecular weight excluding hydrogens is 266 g/mol. The Labute approximate surface area is 122 Å². The number of anilines is 1. The van der Waals surface area contributed by atoms with Crippen LogP contribution in [-0.4, -0.2) is 21.6 Å². The van der Waals surface area contributed by atoms with Crippen LogP contribution in [-0.2, 0) is 6.54 Å². The maximum Gasteiger partial charge on any atom is 0.145 e. The van der Waals surface area contributed by atoms with E-state index >= 15 is 0 Å². The van der Waals surface area contributed by atoms with Crippen molar-refractivity contribution in [3.8, 4) is 5.75 Å². The molecule has 0 unspecified atom stereocenters. The summed E-state index contributed by atoms with van der Waals surface area (Å²) in [4.78, 5) is 8.79. The average Bonchev–Trinajstić information content (AvgIpc) is 2.91. The molecule has 0 fully saturated rings. The molecule has 108 valence electrons. The maximum absolute atomic E-state index is 5.61. The minimum Gasteiger partial charge on any atom is -0.497 e. The van der Waals surface area contributed by atoms with Gasteiger partial charge in [-0.1, -0.05) is 0 Å². The van der Waals surface area contributed by atoms with Crippen molar-refractivity contribution >= 4 is 16.7 Å². The predicted molar refractivity (Wildman–Crippen MR) is 82.2 cm³/mol. The Kier molecular flexibility index (Phi) is 3.45. The summed E-state index contributed by atoms with van der Waals surface area (Å²) in [6.07, 6.45) is 3.72. The van der Waals surface area contributed by atoms with E-state index in [9.17, 15) is 0 Å². The summed E-state index contributed by atoms with van der Waals surface area (Å²) in [6.45, 7) is 2.63. The van der Waals surface area contributed by atoms with Crippen LogP contribution in [0.2, 0.25) is 0 Å². The fraction of sp³-hybridized carbons (Fsp3) is 0.200. The van der Waals surface area contributed by atoms with Crippen LogP contribution in [0.4, 0.5) is 5.82 Å². The first-order valence-corrected chi connectivity index (χ1v) is 6.63. The maximum atomic E-state index is 5.61. The number of pyridine rings is 1. The van der Waals surface area contributed by atoms with Crippen LogP contribution in [0.3, 0.4) is 0 Å². The molecule has 0 spiro atoms. The van der Waals surface area contributed by atoms with Crippen molar-refractivity contribution < 1.29 is 4.74 Å². The predicted octanol–water partition coefficient (Wildman–Crippen LogP) is 2.08. The average molecular weight is 283 g/mol. The van der Waals surface area contributed by atoms with Gasteiger partial charge in [0.1, 0.15) is 17.4 Å². The number of methoxy groups -OCH3 is 1. The Balaban J connectivity index is 2.07. The number of benzene rings is 1. The van der Waals surface area contributed by atoms with Gasteiger partial charge in [-0.3, -0.25) is 0 Å². The molecule has 0 aliphatic carbocycles. The highest BCUT2D eigenvalue weighted by Crippen LogP contribution is 2.24. The number of aromatic nitrogens is 3. The molecule has 3 aromatic rings. The minimum atomic E-state index is 0.656. The van der Waals surface area contributed by atoms with Gasteiger partial charge in [0.2, 0.25) is 0 Å². The van der Waals surface area contributed by atoms with Crippen molar-refractivity contribution in [1.82, 2.24) is 14.5 Å². The monoisotopic (exact) mass is 283 g/mol. The van der Waals surface area contributed by atoms with Crippen LogP contribution in [0.5, 0.6) is 5.75 Å². The number of nitrogens with one attached hydrogen (secondary N) is 1. The smallest absolute Gasteiger partial charge is 0.145 e. The van der Waals surface area contributed by atoms with Crippen LogP contribution < -0.4 is 16.0 Å². The van der Waals surface area contributed by atoms with E-state index in [0.717, 1.165) is 28.0 Å². The van der Waals surface area contributed by atoms with Gasteiger partial charge < -0.3 is 14.7 Å². The lowest BCUT2D eigenvalue weighted by molar-refractivity contribution is 0.415. The second-order valence-electron chi connectivity index (χ2n) is 4.80. The number of nitrogens with two attached hydrogens (primary N) is 1. The van der Waals surface area contributed by atoms with Crippen molar-refractivity contribution in [2.75, 3.05) is 12.5 Å². The lowest BCUT2D eigenvalue weighted by Crippen LogP contribution is -2.13. The molecule has 0 radical (unpaired) electrons. The summed E-state index contributed by atoms with van der Waals surface area (Å²) < 4.78 is 7.27. The summed E-state index contributed by atoms with van der Waals surface area (Å²) in [6, 6.07) is 7.89. The zero-order chi connectivity index (χ0) is 14.8. The van der Waals surface area contributed by atoms with Gasteiger partial charge in [0, 0.05) is 29.4 Å². The Bertz CT molecular complexity index is 781. The molecule has 0 amide bonds. The van der Waals surface area contributed by atoms with Gasteiger partial charge in [-0.15, -0.1) is 0 Å². The molecule has 6 nitrogen and oxygen atoms in total. The van der Waals surface area contributed by atoms with E-state index in [1.807, 2.05) is 35.9 Å². The van der Waals surface area contributed by atoms with E-state index in [-0.39, 0.29) is 0 Å². The number of ether oxygens (including phenoxy) is 1. The zero-order valence-corrected chi connectivity index (χ0v) is 12.0. The molecule has 3 N–H and O–H groups in total. The van der Waals surface area contributed by atoms with Crippen molar-refractivity contribution in [2.24, 2.45) is 5.84 Å². The number of hydrogen-bond acceptors (Lipinski definition) is 5.